The molecule has 0 radical (unpaired) electrons. The molecule has 1 fully saturated rings. The smallest absolute Gasteiger partial charge is 0.378 e. The van der Waals surface area contributed by atoms with Gasteiger partial charge in [0.2, 0.25) is 0 Å². The van der Waals surface area contributed by atoms with E-state index in [2.05, 4.69) is 32.6 Å². The van der Waals surface area contributed by atoms with Crippen molar-refractivity contribution in [1.82, 2.24) is 25.4 Å². The van der Waals surface area contributed by atoms with Gasteiger partial charge in [-0.05, 0) is 36.5 Å². The largest absolute Gasteiger partial charge is 0.460 e. The second kappa shape index (κ2) is 8.60. The van der Waals surface area contributed by atoms with Crippen LogP contribution in [0.3, 0.4) is 0 Å². The number of hydrogen-bond donors (Lipinski definition) is 2. The number of H-pyrrole nitrogens is 1. The van der Waals surface area contributed by atoms with Gasteiger partial charge in [0.05, 0.1) is 19.8 Å². The van der Waals surface area contributed by atoms with E-state index < -0.39 is 5.97 Å². The highest BCUT2D eigenvalue weighted by Gasteiger charge is 2.27. The Morgan fingerprint density at radius 1 is 1.28 bits per heavy atom. The van der Waals surface area contributed by atoms with Crippen molar-refractivity contribution in [2.24, 2.45) is 0 Å². The minimum Gasteiger partial charge on any atom is -0.460 e. The fourth-order valence-electron chi connectivity index (χ4n) is 3.72. The predicted molar refractivity (Wildman–Crippen MR) is 103 cm³/mol. The summed E-state index contributed by atoms with van der Waals surface area (Å²) in [5.74, 6) is 0.353. The van der Waals surface area contributed by atoms with Crippen molar-refractivity contribution in [2.45, 2.75) is 45.4 Å². The van der Waals surface area contributed by atoms with Gasteiger partial charge in [0.1, 0.15) is 5.82 Å². The number of nitrogens with one attached hydrogen (secondary N) is 2. The van der Waals surface area contributed by atoms with Gasteiger partial charge >= 0.3 is 12.0 Å². The fraction of sp³-hybridized carbons (Fsp3) is 0.500. The molecule has 0 bridgehead atoms. The molecule has 0 saturated carbocycles. The van der Waals surface area contributed by atoms with E-state index in [0.717, 1.165) is 18.4 Å². The minimum absolute atomic E-state index is 0.0572. The quantitative estimate of drug-likeness (QED) is 0.745. The molecule has 1 aromatic heterocycles. The van der Waals surface area contributed by atoms with Crippen LogP contribution in [0.25, 0.3) is 0 Å². The van der Waals surface area contributed by atoms with Crippen LogP contribution < -0.4 is 5.32 Å². The molecular formula is C20H25N5O4. The van der Waals surface area contributed by atoms with Gasteiger partial charge in [0.25, 0.3) is 5.82 Å². The second-order valence-electron chi connectivity index (χ2n) is 7.28. The van der Waals surface area contributed by atoms with Crippen LogP contribution in [0.5, 0.6) is 0 Å². The molecule has 154 valence electrons. The van der Waals surface area contributed by atoms with Gasteiger partial charge in [-0.3, -0.25) is 5.10 Å². The van der Waals surface area contributed by atoms with Crippen molar-refractivity contribution in [3.63, 3.8) is 0 Å². The highest BCUT2D eigenvalue weighted by molar-refractivity contribution is 5.84. The summed E-state index contributed by atoms with van der Waals surface area (Å²) in [5, 5.41) is 9.77. The molecule has 3 heterocycles. The Labute approximate surface area is 168 Å². The van der Waals surface area contributed by atoms with Crippen molar-refractivity contribution < 1.29 is 19.1 Å². The minimum atomic E-state index is -0.523. The highest BCUT2D eigenvalue weighted by Crippen LogP contribution is 2.26. The number of esters is 1. The maximum absolute atomic E-state index is 12.5. The number of hydrogen-bond acceptors (Lipinski definition) is 6. The second-order valence-corrected chi connectivity index (χ2v) is 7.28. The number of piperidine rings is 1. The molecule has 0 atom stereocenters. The van der Waals surface area contributed by atoms with Crippen LogP contribution in [-0.4, -0.2) is 51.8 Å². The number of amides is 2. The Hall–Kier alpha value is -2.94. The number of carbonyl (C=O) groups excluding carboxylic acids is 2. The summed E-state index contributed by atoms with van der Waals surface area (Å²) in [6.45, 7) is 5.10. The molecule has 9 nitrogen and oxygen atoms in total. The van der Waals surface area contributed by atoms with Crippen LogP contribution in [0.4, 0.5) is 4.79 Å². The molecule has 0 spiro atoms. The molecule has 2 N–H and O–H groups in total. The van der Waals surface area contributed by atoms with Crippen LogP contribution in [0.15, 0.2) is 18.2 Å². The normalized spacial score (nSPS) is 16.5. The predicted octanol–water partition coefficient (Wildman–Crippen LogP) is 2.10. The summed E-state index contributed by atoms with van der Waals surface area (Å²) in [6.07, 6.45) is 1.53. The van der Waals surface area contributed by atoms with Gasteiger partial charge in [0.15, 0.2) is 0 Å². The molecular weight excluding hydrogens is 374 g/mol. The first-order chi connectivity index (χ1) is 14.1. The van der Waals surface area contributed by atoms with Crippen molar-refractivity contribution in [2.75, 3.05) is 19.7 Å². The lowest BCUT2D eigenvalue weighted by Gasteiger charge is -2.31. The zero-order chi connectivity index (χ0) is 20.2. The molecule has 29 heavy (non-hydrogen) atoms. The van der Waals surface area contributed by atoms with Crippen molar-refractivity contribution in [3.8, 4) is 0 Å². The summed E-state index contributed by atoms with van der Waals surface area (Å²) in [5.41, 5.74) is 3.50. The number of urea groups is 1. The van der Waals surface area contributed by atoms with Gasteiger partial charge in [-0.2, -0.15) is 0 Å². The SMILES string of the molecule is CCOC(=O)c1n[nH]c(C2CCN(C(=O)NCc3ccc4c(c3)COC4)CC2)n1. The standard InChI is InChI=1S/C20H25N5O4/c1-2-29-19(26)18-22-17(23-24-18)14-5-7-25(8-6-14)20(27)21-10-13-3-4-15-11-28-12-16(15)9-13/h3-4,9,14H,2,5-8,10-12H2,1H3,(H,21,27)(H,22,23,24). The summed E-state index contributed by atoms with van der Waals surface area (Å²) in [6, 6.07) is 6.13. The van der Waals surface area contributed by atoms with Crippen LogP contribution in [-0.2, 0) is 29.2 Å². The molecule has 2 aliphatic rings. The average molecular weight is 399 g/mol. The van der Waals surface area contributed by atoms with Gasteiger partial charge < -0.3 is 19.7 Å². The topological polar surface area (TPSA) is 109 Å². The molecule has 9 heteroatoms. The average Bonchev–Trinajstić information content (AvgIpc) is 3.41. The van der Waals surface area contributed by atoms with E-state index in [-0.39, 0.29) is 24.4 Å². The summed E-state index contributed by atoms with van der Waals surface area (Å²) in [7, 11) is 0. The zero-order valence-corrected chi connectivity index (χ0v) is 16.4. The van der Waals surface area contributed by atoms with Crippen LogP contribution in [0.2, 0.25) is 0 Å². The first kappa shape index (κ1) is 19.4. The molecule has 4 rings (SSSR count). The van der Waals surface area contributed by atoms with Crippen molar-refractivity contribution >= 4 is 12.0 Å². The Morgan fingerprint density at radius 2 is 2.07 bits per heavy atom. The highest BCUT2D eigenvalue weighted by atomic mass is 16.5. The Balaban J connectivity index is 1.26. The lowest BCUT2D eigenvalue weighted by atomic mass is 9.96. The molecule has 2 aliphatic heterocycles. The molecule has 2 amide bonds. The van der Waals surface area contributed by atoms with Gasteiger partial charge in [-0.15, -0.1) is 5.10 Å². The number of ether oxygens (including phenoxy) is 2. The van der Waals surface area contributed by atoms with Gasteiger partial charge in [-0.25, -0.2) is 14.6 Å². The Bertz CT molecular complexity index is 889. The third-order valence-corrected chi connectivity index (χ3v) is 5.36. The van der Waals surface area contributed by atoms with E-state index in [9.17, 15) is 9.59 Å². The number of nitrogens with zero attached hydrogens (tertiary/aromatic N) is 3. The number of aromatic nitrogens is 3. The van der Waals surface area contributed by atoms with Crippen LogP contribution in [0, 0.1) is 0 Å². The van der Waals surface area contributed by atoms with Crippen molar-refractivity contribution in [3.05, 3.63) is 46.5 Å². The summed E-state index contributed by atoms with van der Waals surface area (Å²) >= 11 is 0. The number of rotatable bonds is 5. The van der Waals surface area contributed by atoms with Crippen molar-refractivity contribution in [1.29, 1.82) is 0 Å². The Morgan fingerprint density at radius 3 is 2.86 bits per heavy atom. The van der Waals surface area contributed by atoms with E-state index in [1.54, 1.807) is 6.92 Å². The third kappa shape index (κ3) is 4.40. The van der Waals surface area contributed by atoms with E-state index in [1.165, 1.54) is 11.1 Å². The van der Waals surface area contributed by atoms with E-state index in [1.807, 2.05) is 11.0 Å². The molecule has 1 aromatic carbocycles. The van der Waals surface area contributed by atoms with Crippen LogP contribution >= 0.6 is 0 Å². The lowest BCUT2D eigenvalue weighted by Crippen LogP contribution is -2.44. The molecule has 1 saturated heterocycles. The lowest BCUT2D eigenvalue weighted by molar-refractivity contribution is 0.0512. The number of fused-ring (bicyclic) bond motifs is 1. The van der Waals surface area contributed by atoms with E-state index in [4.69, 9.17) is 9.47 Å². The monoisotopic (exact) mass is 399 g/mol. The molecule has 2 aromatic rings. The number of carbonyl (C=O) groups is 2. The van der Waals surface area contributed by atoms with Gasteiger partial charge in [0, 0.05) is 25.6 Å². The third-order valence-electron chi connectivity index (χ3n) is 5.36. The van der Waals surface area contributed by atoms with E-state index in [0.29, 0.717) is 38.7 Å². The van der Waals surface area contributed by atoms with E-state index >= 15 is 0 Å². The Kier molecular flexibility index (Phi) is 5.75. The molecule has 0 aliphatic carbocycles. The fourth-order valence-corrected chi connectivity index (χ4v) is 3.72. The number of benzene rings is 1. The summed E-state index contributed by atoms with van der Waals surface area (Å²) < 4.78 is 10.3. The first-order valence-electron chi connectivity index (χ1n) is 9.94. The number of likely N-dealkylation sites (tertiary alicyclic amines) is 1. The summed E-state index contributed by atoms with van der Waals surface area (Å²) in [4.78, 5) is 30.3. The zero-order valence-electron chi connectivity index (χ0n) is 16.4. The first-order valence-corrected chi connectivity index (χ1v) is 9.94. The van der Waals surface area contributed by atoms with Gasteiger partial charge in [-0.1, -0.05) is 18.2 Å². The maximum atomic E-state index is 12.5. The number of aromatic amines is 1. The maximum Gasteiger partial charge on any atom is 0.378 e. The van der Waals surface area contributed by atoms with Crippen LogP contribution in [0.1, 0.15) is 58.8 Å². The molecule has 0 unspecified atom stereocenters.